The lowest BCUT2D eigenvalue weighted by Crippen LogP contribution is -2.13. The number of aromatic nitrogens is 1. The number of hydrogen-bond acceptors (Lipinski definition) is 3. The minimum Gasteiger partial charge on any atom is -0.263 e. The third-order valence-electron chi connectivity index (χ3n) is 2.06. The Hall–Kier alpha value is -1.11. The van der Waals surface area contributed by atoms with Crippen LogP contribution in [0.15, 0.2) is 51.8 Å². The summed E-state index contributed by atoms with van der Waals surface area (Å²) in [6.07, 6.45) is 0. The third kappa shape index (κ3) is 3.22. The summed E-state index contributed by atoms with van der Waals surface area (Å²) in [4.78, 5) is 4.02. The predicted octanol–water partition coefficient (Wildman–Crippen LogP) is 3.30. The van der Waals surface area contributed by atoms with E-state index in [0.717, 1.165) is 0 Å². The van der Waals surface area contributed by atoms with Crippen LogP contribution in [-0.4, -0.2) is 13.4 Å². The van der Waals surface area contributed by atoms with E-state index in [-0.39, 0.29) is 15.9 Å². The first-order chi connectivity index (χ1) is 8.47. The van der Waals surface area contributed by atoms with E-state index in [1.54, 1.807) is 24.3 Å². The van der Waals surface area contributed by atoms with Gasteiger partial charge in [0.2, 0.25) is 0 Å². The highest BCUT2D eigenvalue weighted by Gasteiger charge is 2.14. The van der Waals surface area contributed by atoms with Crippen LogP contribution in [0.5, 0.6) is 0 Å². The van der Waals surface area contributed by atoms with Gasteiger partial charge in [-0.05, 0) is 30.3 Å². The first kappa shape index (κ1) is 13.3. The van der Waals surface area contributed by atoms with Gasteiger partial charge in [-0.3, -0.25) is 4.72 Å². The smallest absolute Gasteiger partial charge is 0.263 e. The molecule has 2 rings (SSSR count). The van der Waals surface area contributed by atoms with E-state index in [9.17, 15) is 8.42 Å². The Labute approximate surface area is 118 Å². The average Bonchev–Trinajstić information content (AvgIpc) is 2.28. The van der Waals surface area contributed by atoms with Crippen molar-refractivity contribution in [2.45, 2.75) is 4.90 Å². The van der Waals surface area contributed by atoms with Gasteiger partial charge < -0.3 is 0 Å². The summed E-state index contributed by atoms with van der Waals surface area (Å²) in [6, 6.07) is 11.1. The second-order valence-electron chi connectivity index (χ2n) is 3.41. The first-order valence-electron chi connectivity index (χ1n) is 4.88. The molecule has 1 aromatic carbocycles. The van der Waals surface area contributed by atoms with E-state index in [2.05, 4.69) is 25.6 Å². The molecule has 0 spiro atoms. The number of pyridine rings is 1. The van der Waals surface area contributed by atoms with Gasteiger partial charge in [-0.1, -0.05) is 39.7 Å². The van der Waals surface area contributed by atoms with Gasteiger partial charge in [0.15, 0.2) is 0 Å². The molecule has 0 amide bonds. The molecule has 94 valence electrons. The number of nitrogens with one attached hydrogen (secondary N) is 1. The van der Waals surface area contributed by atoms with E-state index in [0.29, 0.717) is 4.47 Å². The topological polar surface area (TPSA) is 59.1 Å². The number of hydrogen-bond donors (Lipinski definition) is 1. The molecule has 0 unspecified atom stereocenters. The lowest BCUT2D eigenvalue weighted by molar-refractivity contribution is 0.601. The molecule has 1 N–H and O–H groups in total. The minimum absolute atomic E-state index is 0.152. The number of anilines is 1. The second kappa shape index (κ2) is 5.26. The van der Waals surface area contributed by atoms with Crippen LogP contribution in [0.3, 0.4) is 0 Å². The van der Waals surface area contributed by atoms with E-state index in [1.807, 2.05) is 0 Å². The number of benzene rings is 1. The molecule has 4 nitrogen and oxygen atoms in total. The Morgan fingerprint density at radius 1 is 1.17 bits per heavy atom. The van der Waals surface area contributed by atoms with Crippen LogP contribution in [0, 0.1) is 0 Å². The monoisotopic (exact) mass is 346 g/mol. The molecule has 18 heavy (non-hydrogen) atoms. The summed E-state index contributed by atoms with van der Waals surface area (Å²) in [5, 5.41) is 0.226. The minimum atomic E-state index is -3.65. The highest BCUT2D eigenvalue weighted by Crippen LogP contribution is 2.19. The summed E-state index contributed by atoms with van der Waals surface area (Å²) in [6.45, 7) is 0. The van der Waals surface area contributed by atoms with Crippen LogP contribution in [0.1, 0.15) is 0 Å². The SMILES string of the molecule is O=S(=O)(Nc1cccc(Cl)n1)c1cccc(Br)c1. The van der Waals surface area contributed by atoms with Crippen LogP contribution in [-0.2, 0) is 10.0 Å². The van der Waals surface area contributed by atoms with Crippen LogP contribution in [0.2, 0.25) is 5.15 Å². The average molecular weight is 348 g/mol. The summed E-state index contributed by atoms with van der Waals surface area (Å²) in [5.41, 5.74) is 0. The maximum Gasteiger partial charge on any atom is 0.263 e. The highest BCUT2D eigenvalue weighted by atomic mass is 79.9. The van der Waals surface area contributed by atoms with Gasteiger partial charge in [0, 0.05) is 4.47 Å². The largest absolute Gasteiger partial charge is 0.263 e. The molecule has 0 bridgehead atoms. The van der Waals surface area contributed by atoms with E-state index >= 15 is 0 Å². The molecule has 0 radical (unpaired) electrons. The maximum absolute atomic E-state index is 12.1. The fourth-order valence-corrected chi connectivity index (χ4v) is 3.06. The van der Waals surface area contributed by atoms with Gasteiger partial charge in [0.1, 0.15) is 11.0 Å². The number of rotatable bonds is 3. The van der Waals surface area contributed by atoms with Crippen LogP contribution < -0.4 is 4.72 Å². The number of sulfonamides is 1. The van der Waals surface area contributed by atoms with Crippen molar-refractivity contribution in [1.29, 1.82) is 0 Å². The van der Waals surface area contributed by atoms with Crippen molar-refractivity contribution in [3.63, 3.8) is 0 Å². The van der Waals surface area contributed by atoms with Crippen molar-refractivity contribution in [2.24, 2.45) is 0 Å². The van der Waals surface area contributed by atoms with Crippen molar-refractivity contribution in [3.05, 3.63) is 52.1 Å². The quantitative estimate of drug-likeness (QED) is 0.867. The summed E-state index contributed by atoms with van der Waals surface area (Å²) in [5.74, 6) is 0.183. The molecule has 0 atom stereocenters. The Kier molecular flexibility index (Phi) is 3.89. The second-order valence-corrected chi connectivity index (χ2v) is 6.39. The number of halogens is 2. The van der Waals surface area contributed by atoms with Crippen molar-refractivity contribution >= 4 is 43.4 Å². The van der Waals surface area contributed by atoms with Gasteiger partial charge in [0.25, 0.3) is 10.0 Å². The third-order valence-corrected chi connectivity index (χ3v) is 4.12. The van der Waals surface area contributed by atoms with Crippen LogP contribution in [0.4, 0.5) is 5.82 Å². The molecule has 1 heterocycles. The fourth-order valence-electron chi connectivity index (χ4n) is 1.30. The zero-order valence-corrected chi connectivity index (χ0v) is 12.1. The molecule has 0 saturated heterocycles. The van der Waals surface area contributed by atoms with Gasteiger partial charge >= 0.3 is 0 Å². The zero-order valence-electron chi connectivity index (χ0n) is 8.97. The Bertz CT molecular complexity index is 676. The lowest BCUT2D eigenvalue weighted by atomic mass is 10.4. The number of nitrogens with zero attached hydrogens (tertiary/aromatic N) is 1. The molecule has 7 heteroatoms. The zero-order chi connectivity index (χ0) is 13.2. The van der Waals surface area contributed by atoms with E-state index in [4.69, 9.17) is 11.6 Å². The summed E-state index contributed by atoms with van der Waals surface area (Å²) >= 11 is 8.91. The molecule has 2 aromatic rings. The molecule has 0 fully saturated rings. The molecule has 1 aromatic heterocycles. The van der Waals surface area contributed by atoms with Crippen molar-refractivity contribution in [3.8, 4) is 0 Å². The van der Waals surface area contributed by atoms with Gasteiger partial charge in [0.05, 0.1) is 4.90 Å². The van der Waals surface area contributed by atoms with E-state index < -0.39 is 10.0 Å². The molecule has 0 aliphatic carbocycles. The van der Waals surface area contributed by atoms with Gasteiger partial charge in [-0.15, -0.1) is 0 Å². The van der Waals surface area contributed by atoms with Gasteiger partial charge in [-0.2, -0.15) is 0 Å². The Morgan fingerprint density at radius 3 is 2.56 bits per heavy atom. The Balaban J connectivity index is 2.33. The summed E-state index contributed by atoms with van der Waals surface area (Å²) < 4.78 is 27.1. The van der Waals surface area contributed by atoms with Crippen molar-refractivity contribution < 1.29 is 8.42 Å². The fraction of sp³-hybridized carbons (Fsp3) is 0. The first-order valence-corrected chi connectivity index (χ1v) is 7.54. The van der Waals surface area contributed by atoms with E-state index in [1.165, 1.54) is 18.2 Å². The Morgan fingerprint density at radius 2 is 1.89 bits per heavy atom. The van der Waals surface area contributed by atoms with Crippen LogP contribution >= 0.6 is 27.5 Å². The van der Waals surface area contributed by atoms with Crippen molar-refractivity contribution in [2.75, 3.05) is 4.72 Å². The lowest BCUT2D eigenvalue weighted by Gasteiger charge is -2.07. The van der Waals surface area contributed by atoms with Crippen molar-refractivity contribution in [1.82, 2.24) is 4.98 Å². The maximum atomic E-state index is 12.1. The standard InChI is InChI=1S/C11H8BrClN2O2S/c12-8-3-1-4-9(7-8)18(16,17)15-11-6-2-5-10(13)14-11/h1-7H,(H,14,15). The van der Waals surface area contributed by atoms with Crippen LogP contribution in [0.25, 0.3) is 0 Å². The van der Waals surface area contributed by atoms with Gasteiger partial charge in [-0.25, -0.2) is 13.4 Å². The highest BCUT2D eigenvalue weighted by molar-refractivity contribution is 9.10. The molecular formula is C11H8BrClN2O2S. The molecule has 0 aliphatic rings. The molecule has 0 saturated carbocycles. The predicted molar refractivity (Wildman–Crippen MR) is 74.2 cm³/mol. The normalized spacial score (nSPS) is 11.2. The molecular weight excluding hydrogens is 340 g/mol. The summed E-state index contributed by atoms with van der Waals surface area (Å²) in [7, 11) is -3.65. The molecule has 0 aliphatic heterocycles.